The van der Waals surface area contributed by atoms with Crippen LogP contribution in [0, 0.1) is 25.2 Å². The highest BCUT2D eigenvalue weighted by molar-refractivity contribution is 5.94. The van der Waals surface area contributed by atoms with Crippen molar-refractivity contribution < 1.29 is 4.79 Å². The monoisotopic (exact) mass is 295 g/mol. The molecule has 1 amide bonds. The Morgan fingerprint density at radius 1 is 1.32 bits per heavy atom. The lowest BCUT2D eigenvalue weighted by Crippen LogP contribution is -2.31. The third-order valence-electron chi connectivity index (χ3n) is 3.40. The highest BCUT2D eigenvalue weighted by atomic mass is 16.2. The van der Waals surface area contributed by atoms with Gasteiger partial charge in [0.25, 0.3) is 0 Å². The molecule has 0 atom stereocenters. The molecule has 0 radical (unpaired) electrons. The molecule has 6 heteroatoms. The summed E-state index contributed by atoms with van der Waals surface area (Å²) in [7, 11) is 1.75. The summed E-state index contributed by atoms with van der Waals surface area (Å²) in [5.74, 6) is 0.400. The minimum absolute atomic E-state index is 0.137. The van der Waals surface area contributed by atoms with E-state index in [1.165, 1.54) is 12.4 Å². The number of hydrogen-bond acceptors (Lipinski definition) is 5. The molecule has 0 aliphatic rings. The number of rotatable bonds is 4. The molecule has 0 aliphatic heterocycles. The number of carbonyl (C=O) groups is 1. The average molecular weight is 295 g/mol. The van der Waals surface area contributed by atoms with E-state index in [0.29, 0.717) is 5.82 Å². The van der Waals surface area contributed by atoms with E-state index in [4.69, 9.17) is 5.26 Å². The third kappa shape index (κ3) is 3.58. The summed E-state index contributed by atoms with van der Waals surface area (Å²) >= 11 is 0. The van der Waals surface area contributed by atoms with Crippen LogP contribution in [0.5, 0.6) is 0 Å². The molecule has 1 heterocycles. The van der Waals surface area contributed by atoms with Gasteiger partial charge in [0.2, 0.25) is 5.91 Å². The minimum atomic E-state index is -0.137. The SMILES string of the molecule is Cc1cccc(NC(=O)CN(C)c2cnc(C#N)cn2)c1C. The van der Waals surface area contributed by atoms with Crippen molar-refractivity contribution in [2.75, 3.05) is 23.8 Å². The number of nitrogens with one attached hydrogen (secondary N) is 1. The topological polar surface area (TPSA) is 81.9 Å². The van der Waals surface area contributed by atoms with Crippen LogP contribution >= 0.6 is 0 Å². The Kier molecular flexibility index (Phi) is 4.69. The second-order valence-corrected chi connectivity index (χ2v) is 5.02. The molecule has 0 spiro atoms. The Labute approximate surface area is 129 Å². The molecule has 0 unspecified atom stereocenters. The van der Waals surface area contributed by atoms with Crippen LogP contribution in [-0.2, 0) is 4.79 Å². The van der Waals surface area contributed by atoms with Gasteiger partial charge < -0.3 is 10.2 Å². The summed E-state index contributed by atoms with van der Waals surface area (Å²) in [4.78, 5) is 21.8. The van der Waals surface area contributed by atoms with Gasteiger partial charge in [-0.15, -0.1) is 0 Å². The van der Waals surface area contributed by atoms with Crippen molar-refractivity contribution in [3.63, 3.8) is 0 Å². The highest BCUT2D eigenvalue weighted by Gasteiger charge is 2.11. The quantitative estimate of drug-likeness (QED) is 0.933. The maximum absolute atomic E-state index is 12.1. The Morgan fingerprint density at radius 2 is 2.09 bits per heavy atom. The zero-order chi connectivity index (χ0) is 16.1. The fourth-order valence-electron chi connectivity index (χ4n) is 1.95. The number of carbonyl (C=O) groups excluding carboxylic acids is 1. The summed E-state index contributed by atoms with van der Waals surface area (Å²) in [6.45, 7) is 4.12. The van der Waals surface area contributed by atoms with E-state index in [0.717, 1.165) is 16.8 Å². The zero-order valence-corrected chi connectivity index (χ0v) is 12.8. The highest BCUT2D eigenvalue weighted by Crippen LogP contribution is 2.18. The van der Waals surface area contributed by atoms with Crippen LogP contribution in [0.1, 0.15) is 16.8 Å². The lowest BCUT2D eigenvalue weighted by Gasteiger charge is -2.18. The van der Waals surface area contributed by atoms with Crippen LogP contribution in [0.25, 0.3) is 0 Å². The number of amides is 1. The summed E-state index contributed by atoms with van der Waals surface area (Å²) in [6, 6.07) is 7.70. The van der Waals surface area contributed by atoms with Crippen molar-refractivity contribution >= 4 is 17.4 Å². The third-order valence-corrected chi connectivity index (χ3v) is 3.40. The molecule has 0 saturated heterocycles. The molecule has 1 aromatic carbocycles. The number of aromatic nitrogens is 2. The zero-order valence-electron chi connectivity index (χ0n) is 12.8. The van der Waals surface area contributed by atoms with Gasteiger partial charge in [0.05, 0.1) is 18.9 Å². The summed E-state index contributed by atoms with van der Waals surface area (Å²) < 4.78 is 0. The Morgan fingerprint density at radius 3 is 2.73 bits per heavy atom. The van der Waals surface area contributed by atoms with Crippen LogP contribution in [0.15, 0.2) is 30.6 Å². The normalized spacial score (nSPS) is 9.91. The molecule has 112 valence electrons. The summed E-state index contributed by atoms with van der Waals surface area (Å²) in [5, 5.41) is 11.6. The van der Waals surface area contributed by atoms with Gasteiger partial charge in [0.15, 0.2) is 5.69 Å². The van der Waals surface area contributed by atoms with Gasteiger partial charge in [-0.25, -0.2) is 9.97 Å². The van der Waals surface area contributed by atoms with Gasteiger partial charge in [-0.1, -0.05) is 12.1 Å². The number of anilines is 2. The van der Waals surface area contributed by atoms with Crippen molar-refractivity contribution in [3.8, 4) is 6.07 Å². The lowest BCUT2D eigenvalue weighted by atomic mass is 10.1. The van der Waals surface area contributed by atoms with Gasteiger partial charge in [0.1, 0.15) is 11.9 Å². The van der Waals surface area contributed by atoms with E-state index in [9.17, 15) is 4.79 Å². The largest absolute Gasteiger partial charge is 0.349 e. The molecule has 0 aliphatic carbocycles. The molecule has 0 saturated carbocycles. The summed E-state index contributed by atoms with van der Waals surface area (Å²) in [6.07, 6.45) is 2.86. The second kappa shape index (κ2) is 6.68. The molecule has 2 aromatic rings. The Hall–Kier alpha value is -2.94. The molecule has 6 nitrogen and oxygen atoms in total. The number of nitriles is 1. The average Bonchev–Trinajstić information content (AvgIpc) is 2.52. The predicted octanol–water partition coefficient (Wildman–Crippen LogP) is 2.04. The van der Waals surface area contributed by atoms with E-state index in [1.807, 2.05) is 38.1 Å². The Bertz CT molecular complexity index is 718. The van der Waals surface area contributed by atoms with Crippen LogP contribution < -0.4 is 10.2 Å². The first kappa shape index (κ1) is 15.4. The van der Waals surface area contributed by atoms with Gasteiger partial charge in [0, 0.05) is 12.7 Å². The van der Waals surface area contributed by atoms with Crippen molar-refractivity contribution in [1.82, 2.24) is 9.97 Å². The van der Waals surface area contributed by atoms with E-state index in [1.54, 1.807) is 11.9 Å². The standard InChI is InChI=1S/C16H17N5O/c1-11-5-4-6-14(12(11)2)20-16(22)10-21(3)15-9-18-13(7-17)8-19-15/h4-6,8-9H,10H2,1-3H3,(H,20,22). The molecular formula is C16H17N5O. The molecule has 1 N–H and O–H groups in total. The van der Waals surface area contributed by atoms with Crippen LogP contribution in [0.4, 0.5) is 11.5 Å². The van der Waals surface area contributed by atoms with Crippen molar-refractivity contribution in [1.29, 1.82) is 5.26 Å². The van der Waals surface area contributed by atoms with E-state index >= 15 is 0 Å². The number of benzene rings is 1. The molecular weight excluding hydrogens is 278 g/mol. The van der Waals surface area contributed by atoms with Gasteiger partial charge in [-0.2, -0.15) is 5.26 Å². The first-order valence-electron chi connectivity index (χ1n) is 6.80. The fraction of sp³-hybridized carbons (Fsp3) is 0.250. The summed E-state index contributed by atoms with van der Waals surface area (Å²) in [5.41, 5.74) is 3.24. The van der Waals surface area contributed by atoms with Crippen LogP contribution in [0.2, 0.25) is 0 Å². The molecule has 0 bridgehead atoms. The van der Waals surface area contributed by atoms with Crippen LogP contribution in [-0.4, -0.2) is 29.5 Å². The second-order valence-electron chi connectivity index (χ2n) is 5.02. The van der Waals surface area contributed by atoms with E-state index < -0.39 is 0 Å². The number of nitrogens with zero attached hydrogens (tertiary/aromatic N) is 4. The molecule has 2 rings (SSSR count). The van der Waals surface area contributed by atoms with Crippen molar-refractivity contribution in [2.24, 2.45) is 0 Å². The first-order valence-corrected chi connectivity index (χ1v) is 6.80. The minimum Gasteiger partial charge on any atom is -0.349 e. The van der Waals surface area contributed by atoms with Crippen LogP contribution in [0.3, 0.4) is 0 Å². The maximum Gasteiger partial charge on any atom is 0.243 e. The van der Waals surface area contributed by atoms with Gasteiger partial charge >= 0.3 is 0 Å². The molecule has 0 fully saturated rings. The fourth-order valence-corrected chi connectivity index (χ4v) is 1.95. The van der Waals surface area contributed by atoms with Crippen molar-refractivity contribution in [2.45, 2.75) is 13.8 Å². The lowest BCUT2D eigenvalue weighted by molar-refractivity contribution is -0.114. The molecule has 22 heavy (non-hydrogen) atoms. The predicted molar refractivity (Wildman–Crippen MR) is 84.6 cm³/mol. The van der Waals surface area contributed by atoms with Gasteiger partial charge in [-0.05, 0) is 31.0 Å². The van der Waals surface area contributed by atoms with Crippen molar-refractivity contribution in [3.05, 3.63) is 47.4 Å². The smallest absolute Gasteiger partial charge is 0.243 e. The van der Waals surface area contributed by atoms with E-state index in [2.05, 4.69) is 15.3 Å². The van der Waals surface area contributed by atoms with Gasteiger partial charge in [-0.3, -0.25) is 4.79 Å². The Balaban J connectivity index is 2.02. The number of hydrogen-bond donors (Lipinski definition) is 1. The molecule has 1 aromatic heterocycles. The number of aryl methyl sites for hydroxylation is 1. The number of likely N-dealkylation sites (N-methyl/N-ethyl adjacent to an activating group) is 1. The van der Waals surface area contributed by atoms with E-state index in [-0.39, 0.29) is 18.1 Å². The maximum atomic E-state index is 12.1. The first-order chi connectivity index (χ1) is 10.5.